The minimum atomic E-state index is 0.00993. The van der Waals surface area contributed by atoms with Gasteiger partial charge in [-0.1, -0.05) is 36.8 Å². The van der Waals surface area contributed by atoms with Crippen molar-refractivity contribution in [3.8, 4) is 0 Å². The van der Waals surface area contributed by atoms with Crippen LogP contribution in [0.4, 0.5) is 0 Å². The van der Waals surface area contributed by atoms with Crippen molar-refractivity contribution in [2.24, 2.45) is 0 Å². The van der Waals surface area contributed by atoms with Gasteiger partial charge < -0.3 is 0 Å². The number of hydrogen-bond donors (Lipinski definition) is 0. The normalized spacial score (nSPS) is 22.5. The molecule has 2 nitrogen and oxygen atoms in total. The summed E-state index contributed by atoms with van der Waals surface area (Å²) in [6.45, 7) is 9.62. The predicted octanol–water partition coefficient (Wildman–Crippen LogP) is 4.01. The number of ketones is 1. The summed E-state index contributed by atoms with van der Waals surface area (Å²) in [6, 6.07) is 10.6. The van der Waals surface area contributed by atoms with Crippen molar-refractivity contribution in [2.45, 2.75) is 64.5 Å². The highest BCUT2D eigenvalue weighted by Gasteiger charge is 2.38. The number of carbonyl (C=O) groups is 1. The summed E-state index contributed by atoms with van der Waals surface area (Å²) in [5, 5.41) is 0. The van der Waals surface area contributed by atoms with Crippen LogP contribution in [0.25, 0.3) is 0 Å². The molecule has 0 unspecified atom stereocenters. The molecule has 1 heterocycles. The Labute approximate surface area is 123 Å². The van der Waals surface area contributed by atoms with Gasteiger partial charge in [0.2, 0.25) is 0 Å². The molecule has 1 aromatic carbocycles. The summed E-state index contributed by atoms with van der Waals surface area (Å²) in [6.07, 6.45) is 3.59. The fraction of sp³-hybridized carbons (Fsp3) is 0.611. The quantitative estimate of drug-likeness (QED) is 0.829. The molecule has 2 rings (SSSR count). The van der Waals surface area contributed by atoms with E-state index < -0.39 is 0 Å². The lowest BCUT2D eigenvalue weighted by atomic mass is 9.80. The van der Waals surface area contributed by atoms with E-state index in [2.05, 4.69) is 37.8 Å². The first kappa shape index (κ1) is 15.2. The summed E-state index contributed by atoms with van der Waals surface area (Å²) < 4.78 is 0. The van der Waals surface area contributed by atoms with E-state index in [1.165, 1.54) is 18.4 Å². The lowest BCUT2D eigenvalue weighted by Gasteiger charge is -2.47. The highest BCUT2D eigenvalue weighted by molar-refractivity contribution is 5.84. The Hall–Kier alpha value is -1.15. The number of nitrogens with zero attached hydrogens (tertiary/aromatic N) is 1. The second-order valence-corrected chi connectivity index (χ2v) is 6.93. The van der Waals surface area contributed by atoms with Gasteiger partial charge in [-0.25, -0.2) is 0 Å². The zero-order chi connectivity index (χ0) is 14.8. The molecule has 1 saturated heterocycles. The number of benzene rings is 1. The van der Waals surface area contributed by atoms with E-state index in [0.717, 1.165) is 13.0 Å². The predicted molar refractivity (Wildman–Crippen MR) is 84.0 cm³/mol. The Kier molecular flexibility index (Phi) is 4.64. The van der Waals surface area contributed by atoms with E-state index in [1.807, 2.05) is 18.2 Å². The molecule has 1 aromatic rings. The van der Waals surface area contributed by atoms with E-state index in [4.69, 9.17) is 0 Å². The van der Waals surface area contributed by atoms with Crippen LogP contribution < -0.4 is 0 Å². The lowest BCUT2D eigenvalue weighted by Crippen LogP contribution is -2.53. The van der Waals surface area contributed by atoms with Crippen LogP contribution in [0.5, 0.6) is 0 Å². The van der Waals surface area contributed by atoms with Crippen LogP contribution in [0.2, 0.25) is 0 Å². The van der Waals surface area contributed by atoms with Crippen LogP contribution in [0.3, 0.4) is 0 Å². The molecule has 0 radical (unpaired) electrons. The summed E-state index contributed by atoms with van der Waals surface area (Å²) in [5.41, 5.74) is 1.29. The topological polar surface area (TPSA) is 20.3 Å². The van der Waals surface area contributed by atoms with Gasteiger partial charge in [-0.05, 0) is 52.6 Å². The van der Waals surface area contributed by atoms with Crippen molar-refractivity contribution in [1.82, 2.24) is 4.90 Å². The van der Waals surface area contributed by atoms with Gasteiger partial charge >= 0.3 is 0 Å². The fourth-order valence-corrected chi connectivity index (χ4v) is 3.52. The van der Waals surface area contributed by atoms with E-state index in [9.17, 15) is 4.79 Å². The molecule has 0 aromatic heterocycles. The summed E-state index contributed by atoms with van der Waals surface area (Å²) >= 11 is 0. The Morgan fingerprint density at radius 3 is 2.40 bits per heavy atom. The van der Waals surface area contributed by atoms with Crippen molar-refractivity contribution in [3.05, 3.63) is 35.9 Å². The van der Waals surface area contributed by atoms with Crippen molar-refractivity contribution in [3.63, 3.8) is 0 Å². The molecular weight excluding hydrogens is 246 g/mol. The maximum atomic E-state index is 12.3. The van der Waals surface area contributed by atoms with Crippen LogP contribution in [0.15, 0.2) is 30.3 Å². The Morgan fingerprint density at radius 2 is 1.85 bits per heavy atom. The molecule has 0 spiro atoms. The summed E-state index contributed by atoms with van der Waals surface area (Å²) in [7, 11) is 0. The Morgan fingerprint density at radius 1 is 1.20 bits per heavy atom. The maximum Gasteiger partial charge on any atom is 0.138 e. The molecule has 20 heavy (non-hydrogen) atoms. The molecule has 1 aliphatic heterocycles. The van der Waals surface area contributed by atoms with Crippen molar-refractivity contribution in [2.75, 3.05) is 6.54 Å². The highest BCUT2D eigenvalue weighted by atomic mass is 16.1. The van der Waals surface area contributed by atoms with Crippen molar-refractivity contribution >= 4 is 5.78 Å². The number of likely N-dealkylation sites (tertiary alicyclic amines) is 1. The van der Waals surface area contributed by atoms with E-state index >= 15 is 0 Å². The molecule has 0 amide bonds. The number of carbonyl (C=O) groups excluding carboxylic acids is 1. The first-order chi connectivity index (χ1) is 9.41. The van der Waals surface area contributed by atoms with Crippen LogP contribution >= 0.6 is 0 Å². The smallest absolute Gasteiger partial charge is 0.138 e. The Balaban J connectivity index is 2.34. The van der Waals surface area contributed by atoms with Gasteiger partial charge in [0, 0.05) is 11.6 Å². The van der Waals surface area contributed by atoms with Crippen molar-refractivity contribution in [1.29, 1.82) is 0 Å². The minimum Gasteiger partial charge on any atom is -0.299 e. The first-order valence-electron chi connectivity index (χ1n) is 7.73. The third-order valence-electron chi connectivity index (χ3n) is 4.39. The second kappa shape index (κ2) is 6.09. The van der Waals surface area contributed by atoms with Crippen LogP contribution in [-0.4, -0.2) is 28.8 Å². The second-order valence-electron chi connectivity index (χ2n) is 6.93. The maximum absolute atomic E-state index is 12.3. The molecule has 2 heteroatoms. The molecule has 0 saturated carbocycles. The molecule has 2 atom stereocenters. The average molecular weight is 273 g/mol. The molecule has 1 fully saturated rings. The van der Waals surface area contributed by atoms with E-state index in [-0.39, 0.29) is 17.2 Å². The van der Waals surface area contributed by atoms with E-state index in [1.54, 1.807) is 6.92 Å². The number of rotatable bonds is 3. The SMILES string of the molecule is CC(=O)[C@H](c1ccccc1)[C@H]1CCCCN1C(C)(C)C. The van der Waals surface area contributed by atoms with Crippen molar-refractivity contribution < 1.29 is 4.79 Å². The molecular formula is C18H27NO. The van der Waals surface area contributed by atoms with Crippen LogP contribution in [0.1, 0.15) is 58.4 Å². The van der Waals surface area contributed by atoms with Gasteiger partial charge in [-0.15, -0.1) is 0 Å². The molecule has 0 bridgehead atoms. The van der Waals surface area contributed by atoms with E-state index in [0.29, 0.717) is 6.04 Å². The van der Waals surface area contributed by atoms with Crippen LogP contribution in [-0.2, 0) is 4.79 Å². The van der Waals surface area contributed by atoms with Gasteiger partial charge in [0.25, 0.3) is 0 Å². The molecule has 0 N–H and O–H groups in total. The Bertz CT molecular complexity index is 446. The van der Waals surface area contributed by atoms with Gasteiger partial charge in [-0.2, -0.15) is 0 Å². The third-order valence-corrected chi connectivity index (χ3v) is 4.39. The monoisotopic (exact) mass is 273 g/mol. The highest BCUT2D eigenvalue weighted by Crippen LogP contribution is 2.35. The largest absolute Gasteiger partial charge is 0.299 e. The third kappa shape index (κ3) is 3.29. The standard InChI is InChI=1S/C18H27NO/c1-14(20)17(15-10-6-5-7-11-15)16-12-8-9-13-19(16)18(2,3)4/h5-7,10-11,16-17H,8-9,12-13H2,1-4H3/t16-,17-/m1/s1. The summed E-state index contributed by atoms with van der Waals surface area (Å²) in [5.74, 6) is 0.299. The van der Waals surface area contributed by atoms with Crippen LogP contribution in [0, 0.1) is 0 Å². The molecule has 110 valence electrons. The average Bonchev–Trinajstić information content (AvgIpc) is 2.39. The summed E-state index contributed by atoms with van der Waals surface area (Å²) in [4.78, 5) is 14.8. The van der Waals surface area contributed by atoms with Gasteiger partial charge in [0.15, 0.2) is 0 Å². The van der Waals surface area contributed by atoms with Gasteiger partial charge in [0.05, 0.1) is 5.92 Å². The first-order valence-corrected chi connectivity index (χ1v) is 7.73. The fourth-order valence-electron chi connectivity index (χ4n) is 3.52. The molecule has 1 aliphatic rings. The number of piperidine rings is 1. The number of hydrogen-bond acceptors (Lipinski definition) is 2. The number of Topliss-reactive ketones (excluding diaryl/α,β-unsaturated/α-hetero) is 1. The zero-order valence-corrected chi connectivity index (χ0v) is 13.2. The van der Waals surface area contributed by atoms with Gasteiger partial charge in [0.1, 0.15) is 5.78 Å². The zero-order valence-electron chi connectivity index (χ0n) is 13.2. The molecule has 0 aliphatic carbocycles. The van der Waals surface area contributed by atoms with Gasteiger partial charge in [-0.3, -0.25) is 9.69 Å². The lowest BCUT2D eigenvalue weighted by molar-refractivity contribution is -0.121. The minimum absolute atomic E-state index is 0.00993.